The molecule has 1 N–H and O–H groups in total. The molecule has 9 heteroatoms. The van der Waals surface area contributed by atoms with E-state index in [0.717, 1.165) is 11.1 Å². The van der Waals surface area contributed by atoms with Crippen LogP contribution in [-0.2, 0) is 13.1 Å². The third-order valence-corrected chi connectivity index (χ3v) is 5.71. The fourth-order valence-electron chi connectivity index (χ4n) is 3.84. The van der Waals surface area contributed by atoms with Crippen LogP contribution in [0.1, 0.15) is 37.4 Å². The molecule has 3 aromatic carbocycles. The topological polar surface area (TPSA) is 110 Å². The van der Waals surface area contributed by atoms with Crippen LogP contribution in [0.25, 0.3) is 0 Å². The van der Waals surface area contributed by atoms with E-state index in [9.17, 15) is 19.7 Å². The zero-order chi connectivity index (χ0) is 25.7. The number of hydrogen-bond acceptors (Lipinski definition) is 6. The van der Waals surface area contributed by atoms with Crippen LogP contribution in [0.4, 0.5) is 11.4 Å². The Bertz CT molecular complexity index is 1400. The van der Waals surface area contributed by atoms with Crippen molar-refractivity contribution in [1.29, 1.82) is 0 Å². The summed E-state index contributed by atoms with van der Waals surface area (Å²) in [6.45, 7) is 0.940. The first-order valence-electron chi connectivity index (χ1n) is 11.3. The summed E-state index contributed by atoms with van der Waals surface area (Å²) in [6.07, 6.45) is 3.62. The van der Waals surface area contributed by atoms with E-state index >= 15 is 0 Å². The summed E-state index contributed by atoms with van der Waals surface area (Å²) >= 11 is 0. The number of carbonyl (C=O) groups excluding carboxylic acids is 2. The molecule has 9 nitrogen and oxygen atoms in total. The number of aromatic nitrogens is 2. The van der Waals surface area contributed by atoms with Gasteiger partial charge in [0.15, 0.2) is 5.78 Å². The van der Waals surface area contributed by atoms with Crippen LogP contribution in [0.3, 0.4) is 0 Å². The molecular weight excluding hydrogens is 458 g/mol. The Morgan fingerprint density at radius 3 is 2.31 bits per heavy atom. The summed E-state index contributed by atoms with van der Waals surface area (Å²) in [5, 5.41) is 18.6. The smallest absolute Gasteiger partial charge is 0.293 e. The first kappa shape index (κ1) is 24.3. The first-order chi connectivity index (χ1) is 17.3. The Morgan fingerprint density at radius 1 is 0.972 bits per heavy atom. The average Bonchev–Trinajstić information content (AvgIpc) is 3.40. The number of nitro benzene ring substituents is 1. The molecule has 0 aliphatic heterocycles. The Morgan fingerprint density at radius 2 is 1.67 bits per heavy atom. The largest absolute Gasteiger partial charge is 0.372 e. The average molecular weight is 484 g/mol. The summed E-state index contributed by atoms with van der Waals surface area (Å²) in [7, 11) is 3.38. The molecule has 1 aromatic heterocycles. The Hall–Kier alpha value is -4.79. The highest BCUT2D eigenvalue weighted by molar-refractivity contribution is 6.15. The molecule has 4 aromatic rings. The predicted octanol–water partition coefficient (Wildman–Crippen LogP) is 4.07. The third-order valence-electron chi connectivity index (χ3n) is 5.71. The van der Waals surface area contributed by atoms with Gasteiger partial charge in [0.1, 0.15) is 5.69 Å². The van der Waals surface area contributed by atoms with Gasteiger partial charge in [0, 0.05) is 50.2 Å². The van der Waals surface area contributed by atoms with E-state index in [-0.39, 0.29) is 28.9 Å². The second-order valence-electron chi connectivity index (χ2n) is 8.43. The SMILES string of the molecule is CN(C)c1ccc(C(=O)c2ccccc2C(=O)NCc2ccc(Cn3cccn3)cc2)cc1[N+](=O)[O-]. The molecule has 4 rings (SSSR count). The fourth-order valence-corrected chi connectivity index (χ4v) is 3.84. The van der Waals surface area contributed by atoms with E-state index in [1.165, 1.54) is 18.2 Å². The van der Waals surface area contributed by atoms with Gasteiger partial charge in [-0.15, -0.1) is 0 Å². The lowest BCUT2D eigenvalue weighted by atomic mass is 9.97. The second kappa shape index (κ2) is 10.6. The van der Waals surface area contributed by atoms with Gasteiger partial charge in [-0.1, -0.05) is 42.5 Å². The van der Waals surface area contributed by atoms with Crippen molar-refractivity contribution in [3.8, 4) is 0 Å². The fraction of sp³-hybridized carbons (Fsp3) is 0.148. The van der Waals surface area contributed by atoms with Crippen molar-refractivity contribution in [3.05, 3.63) is 123 Å². The Balaban J connectivity index is 1.49. The van der Waals surface area contributed by atoms with E-state index in [2.05, 4.69) is 10.4 Å². The minimum Gasteiger partial charge on any atom is -0.372 e. The molecule has 0 radical (unpaired) electrons. The molecule has 0 fully saturated rings. The summed E-state index contributed by atoms with van der Waals surface area (Å²) in [6, 6.07) is 20.4. The number of anilines is 1. The molecule has 0 atom stereocenters. The number of rotatable bonds is 9. The Kier molecular flexibility index (Phi) is 7.20. The van der Waals surface area contributed by atoms with Crippen LogP contribution >= 0.6 is 0 Å². The summed E-state index contributed by atoms with van der Waals surface area (Å²) in [5.74, 6) is -0.865. The minimum absolute atomic E-state index is 0.139. The molecule has 182 valence electrons. The van der Waals surface area contributed by atoms with Crippen LogP contribution in [0.5, 0.6) is 0 Å². The molecule has 1 heterocycles. The number of ketones is 1. The molecule has 0 saturated heterocycles. The quantitative estimate of drug-likeness (QED) is 0.218. The van der Waals surface area contributed by atoms with E-state index in [1.54, 1.807) is 49.5 Å². The van der Waals surface area contributed by atoms with Gasteiger partial charge >= 0.3 is 0 Å². The number of carbonyl (C=O) groups is 2. The highest BCUT2D eigenvalue weighted by Gasteiger charge is 2.22. The van der Waals surface area contributed by atoms with Crippen LogP contribution in [0.2, 0.25) is 0 Å². The number of benzene rings is 3. The van der Waals surface area contributed by atoms with Crippen molar-refractivity contribution in [2.24, 2.45) is 0 Å². The minimum atomic E-state index is -0.523. The molecule has 1 amide bonds. The number of nitrogens with zero attached hydrogens (tertiary/aromatic N) is 4. The van der Waals surface area contributed by atoms with Crippen molar-refractivity contribution in [3.63, 3.8) is 0 Å². The normalized spacial score (nSPS) is 10.6. The lowest BCUT2D eigenvalue weighted by molar-refractivity contribution is -0.384. The zero-order valence-electron chi connectivity index (χ0n) is 19.9. The maximum atomic E-state index is 13.2. The van der Waals surface area contributed by atoms with Gasteiger partial charge in [0.2, 0.25) is 0 Å². The van der Waals surface area contributed by atoms with Gasteiger partial charge in [-0.25, -0.2) is 0 Å². The molecule has 0 spiro atoms. The molecule has 0 aliphatic carbocycles. The predicted molar refractivity (Wildman–Crippen MR) is 136 cm³/mol. The number of amides is 1. The zero-order valence-corrected chi connectivity index (χ0v) is 19.9. The first-order valence-corrected chi connectivity index (χ1v) is 11.3. The van der Waals surface area contributed by atoms with Gasteiger partial charge in [-0.2, -0.15) is 5.10 Å². The summed E-state index contributed by atoms with van der Waals surface area (Å²) in [5.41, 5.74) is 2.72. The van der Waals surface area contributed by atoms with Crippen molar-refractivity contribution in [1.82, 2.24) is 15.1 Å². The van der Waals surface area contributed by atoms with Crippen molar-refractivity contribution < 1.29 is 14.5 Å². The molecule has 36 heavy (non-hydrogen) atoms. The monoisotopic (exact) mass is 483 g/mol. The highest BCUT2D eigenvalue weighted by atomic mass is 16.6. The molecule has 0 aliphatic rings. The van der Waals surface area contributed by atoms with Crippen LogP contribution < -0.4 is 10.2 Å². The van der Waals surface area contributed by atoms with Crippen molar-refractivity contribution in [2.75, 3.05) is 19.0 Å². The maximum Gasteiger partial charge on any atom is 0.293 e. The van der Waals surface area contributed by atoms with Crippen molar-refractivity contribution in [2.45, 2.75) is 13.1 Å². The maximum absolute atomic E-state index is 13.2. The van der Waals surface area contributed by atoms with Gasteiger partial charge in [-0.05, 0) is 35.4 Å². The van der Waals surface area contributed by atoms with Gasteiger partial charge in [0.25, 0.3) is 11.6 Å². The number of nitrogens with one attached hydrogen (secondary N) is 1. The highest BCUT2D eigenvalue weighted by Crippen LogP contribution is 2.29. The number of hydrogen-bond donors (Lipinski definition) is 1. The molecule has 0 bridgehead atoms. The summed E-state index contributed by atoms with van der Waals surface area (Å²) in [4.78, 5) is 38.8. The lowest BCUT2D eigenvalue weighted by Gasteiger charge is -2.14. The van der Waals surface area contributed by atoms with E-state index in [1.807, 2.05) is 41.2 Å². The Labute approximate surface area is 208 Å². The molecule has 0 saturated carbocycles. The van der Waals surface area contributed by atoms with Gasteiger partial charge in [0.05, 0.1) is 17.0 Å². The third kappa shape index (κ3) is 5.47. The molecular formula is C27H25N5O4. The van der Waals surface area contributed by atoms with Crippen LogP contribution in [-0.4, -0.2) is 40.5 Å². The second-order valence-corrected chi connectivity index (χ2v) is 8.43. The lowest BCUT2D eigenvalue weighted by Crippen LogP contribution is -2.25. The molecule has 0 unspecified atom stereocenters. The van der Waals surface area contributed by atoms with Crippen LogP contribution in [0, 0.1) is 10.1 Å². The van der Waals surface area contributed by atoms with E-state index in [0.29, 0.717) is 12.2 Å². The van der Waals surface area contributed by atoms with Crippen LogP contribution in [0.15, 0.2) is 85.2 Å². The van der Waals surface area contributed by atoms with Gasteiger partial charge in [-0.3, -0.25) is 24.4 Å². The summed E-state index contributed by atoms with van der Waals surface area (Å²) < 4.78 is 1.83. The standard InChI is InChI=1S/C27H25N5O4/c1-30(2)24-13-12-21(16-25(24)32(35)36)26(33)22-6-3-4-7-23(22)27(34)28-17-19-8-10-20(11-9-19)18-31-15-5-14-29-31/h3-16H,17-18H2,1-2H3,(H,28,34). The number of nitro groups is 1. The van der Waals surface area contributed by atoms with Crippen molar-refractivity contribution >= 4 is 23.1 Å². The van der Waals surface area contributed by atoms with Gasteiger partial charge < -0.3 is 10.2 Å². The van der Waals surface area contributed by atoms with E-state index in [4.69, 9.17) is 0 Å². The van der Waals surface area contributed by atoms with E-state index < -0.39 is 16.6 Å².